The van der Waals surface area contributed by atoms with Gasteiger partial charge in [0.25, 0.3) is 0 Å². The second kappa shape index (κ2) is 10.6. The number of carbonyl (C=O) groups is 2. The van der Waals surface area contributed by atoms with Crippen molar-refractivity contribution in [1.82, 2.24) is 0 Å². The van der Waals surface area contributed by atoms with Crippen molar-refractivity contribution in [2.75, 3.05) is 6.61 Å². The minimum Gasteiger partial charge on any atom is -0.462 e. The normalized spacial score (nSPS) is 55.5. The van der Waals surface area contributed by atoms with Gasteiger partial charge in [-0.25, -0.2) is 0 Å². The quantitative estimate of drug-likeness (QED) is 0.148. The number of ketones is 1. The van der Waals surface area contributed by atoms with Gasteiger partial charge in [-0.15, -0.1) is 0 Å². The van der Waals surface area contributed by atoms with Crippen LogP contribution in [0.15, 0.2) is 11.6 Å². The predicted molar refractivity (Wildman–Crippen MR) is 175 cm³/mol. The first-order valence-corrected chi connectivity index (χ1v) is 18.6. The van der Waals surface area contributed by atoms with Gasteiger partial charge in [0, 0.05) is 23.7 Å². The maximum Gasteiger partial charge on any atom is 0.302 e. The number of fused-ring (bicyclic) bond motifs is 4. The molecule has 12 heteroatoms. The van der Waals surface area contributed by atoms with Gasteiger partial charge in [0.1, 0.15) is 42.7 Å². The third-order valence-electron chi connectivity index (χ3n) is 15.9. The fraction of sp³-hybridized carbons (Fsp3) is 0.895. The van der Waals surface area contributed by atoms with Gasteiger partial charge >= 0.3 is 5.97 Å². The van der Waals surface area contributed by atoms with E-state index < -0.39 is 83.3 Å². The fourth-order valence-corrected chi connectivity index (χ4v) is 13.0. The molecule has 0 aromatic rings. The first kappa shape index (κ1) is 35.5. The Morgan fingerprint density at radius 2 is 1.72 bits per heavy atom. The summed E-state index contributed by atoms with van der Waals surface area (Å²) in [6, 6.07) is 0. The van der Waals surface area contributed by atoms with Crippen molar-refractivity contribution in [1.29, 1.82) is 0 Å². The smallest absolute Gasteiger partial charge is 0.302 e. The van der Waals surface area contributed by atoms with Crippen molar-refractivity contribution in [2.24, 2.45) is 44.8 Å². The summed E-state index contributed by atoms with van der Waals surface area (Å²) >= 11 is 0. The minimum atomic E-state index is -1.66. The number of epoxide rings is 1. The van der Waals surface area contributed by atoms with E-state index >= 15 is 0 Å². The van der Waals surface area contributed by atoms with Gasteiger partial charge in [0.05, 0.1) is 23.7 Å². The van der Waals surface area contributed by atoms with Crippen molar-refractivity contribution in [3.63, 3.8) is 0 Å². The number of rotatable bonds is 7. The molecule has 0 amide bonds. The molecule has 5 aliphatic carbocycles. The molecule has 280 valence electrons. The Morgan fingerprint density at radius 3 is 2.34 bits per heavy atom. The number of allylic oxidation sites excluding steroid dienone is 1. The molecule has 3 saturated heterocycles. The van der Waals surface area contributed by atoms with Crippen LogP contribution in [0.2, 0.25) is 0 Å². The van der Waals surface area contributed by atoms with Gasteiger partial charge < -0.3 is 49.2 Å². The Labute approximate surface area is 293 Å². The largest absolute Gasteiger partial charge is 0.462 e. The molecule has 2 spiro atoms. The molecule has 17 atom stereocenters. The van der Waals surface area contributed by atoms with Gasteiger partial charge in [-0.2, -0.15) is 0 Å². The van der Waals surface area contributed by atoms with Crippen molar-refractivity contribution < 1.29 is 58.8 Å². The molecule has 3 aliphatic heterocycles. The summed E-state index contributed by atoms with van der Waals surface area (Å²) in [5.74, 6) is -2.61. The molecule has 4 saturated carbocycles. The zero-order chi connectivity index (χ0) is 36.4. The van der Waals surface area contributed by atoms with E-state index in [1.807, 2.05) is 20.8 Å². The highest BCUT2D eigenvalue weighted by atomic mass is 16.7. The third kappa shape index (κ3) is 4.14. The van der Waals surface area contributed by atoms with Gasteiger partial charge in [0.15, 0.2) is 17.9 Å². The number of esters is 1. The van der Waals surface area contributed by atoms with Gasteiger partial charge in [-0.3, -0.25) is 9.59 Å². The summed E-state index contributed by atoms with van der Waals surface area (Å²) in [5, 5.41) is 53.9. The Morgan fingerprint density at radius 1 is 1.04 bits per heavy atom. The monoisotopic (exact) mass is 704 g/mol. The van der Waals surface area contributed by atoms with E-state index in [2.05, 4.69) is 33.8 Å². The highest BCUT2D eigenvalue weighted by molar-refractivity contribution is 5.91. The Bertz CT molecular complexity index is 1510. The minimum absolute atomic E-state index is 0.126. The molecule has 8 aliphatic rings. The van der Waals surface area contributed by atoms with Crippen molar-refractivity contribution in [3.05, 3.63) is 11.6 Å². The van der Waals surface area contributed by atoms with Crippen LogP contribution >= 0.6 is 0 Å². The van der Waals surface area contributed by atoms with Crippen molar-refractivity contribution in [3.8, 4) is 0 Å². The van der Waals surface area contributed by atoms with Crippen LogP contribution < -0.4 is 0 Å². The number of aliphatic hydroxyl groups excluding tert-OH is 4. The van der Waals surface area contributed by atoms with E-state index in [0.717, 1.165) is 24.8 Å². The number of Topliss-reactive ketones (excluding diaryl/α,β-unsaturated/α-hetero) is 1. The summed E-state index contributed by atoms with van der Waals surface area (Å²) in [6.45, 7) is 15.1. The van der Waals surface area contributed by atoms with E-state index in [1.54, 1.807) is 0 Å². The molecule has 5 N–H and O–H groups in total. The lowest BCUT2D eigenvalue weighted by Gasteiger charge is -2.62. The zero-order valence-electron chi connectivity index (χ0n) is 30.5. The molecule has 3 heterocycles. The van der Waals surface area contributed by atoms with Crippen LogP contribution in [-0.2, 0) is 33.3 Å². The molecule has 0 aromatic heterocycles. The molecule has 17 unspecified atom stereocenters. The molecule has 0 bridgehead atoms. The van der Waals surface area contributed by atoms with Crippen molar-refractivity contribution in [2.45, 2.75) is 160 Å². The van der Waals surface area contributed by atoms with E-state index in [9.17, 15) is 35.1 Å². The van der Waals surface area contributed by atoms with Crippen LogP contribution in [0.4, 0.5) is 0 Å². The molecule has 8 rings (SSSR count). The van der Waals surface area contributed by atoms with Crippen LogP contribution in [0.3, 0.4) is 0 Å². The first-order valence-electron chi connectivity index (χ1n) is 18.6. The average Bonchev–Trinajstić information content (AvgIpc) is 3.80. The summed E-state index contributed by atoms with van der Waals surface area (Å²) in [6.07, 6.45) is -2.11. The third-order valence-corrected chi connectivity index (χ3v) is 15.9. The van der Waals surface area contributed by atoms with E-state index in [0.29, 0.717) is 19.3 Å². The highest BCUT2D eigenvalue weighted by Crippen LogP contribution is 2.89. The molecule has 0 radical (unpaired) electrons. The number of aliphatic hydroxyl groups is 5. The van der Waals surface area contributed by atoms with E-state index in [-0.39, 0.29) is 46.4 Å². The zero-order valence-corrected chi connectivity index (χ0v) is 30.5. The molecule has 50 heavy (non-hydrogen) atoms. The summed E-state index contributed by atoms with van der Waals surface area (Å²) in [5.41, 5.74) is -1.91. The Balaban J connectivity index is 1.14. The van der Waals surface area contributed by atoms with Crippen LogP contribution in [0.5, 0.6) is 0 Å². The topological polar surface area (TPSA) is 185 Å². The molecule has 0 aromatic carbocycles. The lowest BCUT2D eigenvalue weighted by Crippen LogP contribution is -2.63. The Kier molecular flexibility index (Phi) is 7.53. The fourth-order valence-electron chi connectivity index (χ4n) is 13.0. The lowest BCUT2D eigenvalue weighted by atomic mass is 9.45. The number of ether oxygens (including phenoxy) is 5. The highest BCUT2D eigenvalue weighted by Gasteiger charge is 2.87. The SMILES string of the molecule is CC(=O)OC1CC23CC24CCC(OC2OC(C(O)CO)C(O)C2O)C(C)(C)C4CC=C3C2(C)C1(C)CC1C(C)C(C(=O)C3OC3(C)C)OC12O. The van der Waals surface area contributed by atoms with Crippen LogP contribution in [0.1, 0.15) is 93.9 Å². The summed E-state index contributed by atoms with van der Waals surface area (Å²) < 4.78 is 30.9. The van der Waals surface area contributed by atoms with Crippen LogP contribution in [0.25, 0.3) is 0 Å². The van der Waals surface area contributed by atoms with Gasteiger partial charge in [0.2, 0.25) is 0 Å². The predicted octanol–water partition coefficient (Wildman–Crippen LogP) is 2.15. The van der Waals surface area contributed by atoms with E-state index in [4.69, 9.17) is 23.7 Å². The van der Waals surface area contributed by atoms with Gasteiger partial charge in [-0.05, 0) is 82.0 Å². The molecule has 12 nitrogen and oxygen atoms in total. The Hall–Kier alpha value is -1.48. The van der Waals surface area contributed by atoms with Crippen LogP contribution in [0, 0.1) is 44.8 Å². The number of carbonyl (C=O) groups excluding carboxylic acids is 2. The second-order valence-electron chi connectivity index (χ2n) is 18.8. The van der Waals surface area contributed by atoms with Crippen LogP contribution in [-0.4, -0.2) is 110 Å². The maximum atomic E-state index is 13.7. The second-order valence-corrected chi connectivity index (χ2v) is 18.8. The molecular weight excluding hydrogens is 648 g/mol. The molecular formula is C38H56O12. The summed E-state index contributed by atoms with van der Waals surface area (Å²) in [7, 11) is 0. The summed E-state index contributed by atoms with van der Waals surface area (Å²) in [4.78, 5) is 26.5. The average molecular weight is 705 g/mol. The maximum absolute atomic E-state index is 13.7. The standard InChI is InChI=1S/C38H56O12/c1-17-19-13-34(7)24(46-18(2)40)14-37-16-36(37)12-11-23(47-31-26(43)25(42)29(48-31)20(41)15-39)32(3,4)21(36)9-10-22(37)35(34,8)38(19,45)49-28(17)27(44)30-33(5,6)50-30/h10,17,19-21,23-26,28-31,39,41-43,45H,9,11-16H2,1-8H3. The molecule has 7 fully saturated rings. The van der Waals surface area contributed by atoms with Gasteiger partial charge in [-0.1, -0.05) is 39.3 Å². The number of hydrogen-bond donors (Lipinski definition) is 5. The first-order chi connectivity index (χ1) is 23.2. The number of hydrogen-bond acceptors (Lipinski definition) is 12. The van der Waals surface area contributed by atoms with Crippen molar-refractivity contribution >= 4 is 11.8 Å². The van der Waals surface area contributed by atoms with E-state index in [1.165, 1.54) is 6.92 Å². The lowest BCUT2D eigenvalue weighted by molar-refractivity contribution is -0.279.